The highest BCUT2D eigenvalue weighted by Gasteiger charge is 2.14. The Kier molecular flexibility index (Phi) is 6.87. The molecule has 0 radical (unpaired) electrons. The molecule has 2 aromatic carbocycles. The van der Waals surface area contributed by atoms with Crippen molar-refractivity contribution in [1.82, 2.24) is 14.5 Å². The zero-order valence-corrected chi connectivity index (χ0v) is 17.8. The highest BCUT2D eigenvalue weighted by molar-refractivity contribution is 7.98. The Labute approximate surface area is 179 Å². The van der Waals surface area contributed by atoms with Gasteiger partial charge in [-0.05, 0) is 30.2 Å². The van der Waals surface area contributed by atoms with Gasteiger partial charge < -0.3 is 4.74 Å². The van der Waals surface area contributed by atoms with Crippen molar-refractivity contribution < 1.29 is 4.74 Å². The highest BCUT2D eigenvalue weighted by Crippen LogP contribution is 2.26. The maximum atomic E-state index is 13.2. The molecule has 2 heterocycles. The lowest BCUT2D eigenvalue weighted by atomic mass is 10.2. The van der Waals surface area contributed by atoms with Crippen molar-refractivity contribution in [2.24, 2.45) is 0 Å². The quantitative estimate of drug-likeness (QED) is 0.418. The van der Waals surface area contributed by atoms with Gasteiger partial charge in [-0.3, -0.25) is 14.3 Å². The number of ether oxygens (including phenoxy) is 1. The van der Waals surface area contributed by atoms with Crippen LogP contribution in [-0.2, 0) is 17.0 Å². The summed E-state index contributed by atoms with van der Waals surface area (Å²) in [7, 11) is 0. The van der Waals surface area contributed by atoms with Crippen LogP contribution in [0, 0.1) is 0 Å². The number of rotatable bonds is 7. The van der Waals surface area contributed by atoms with Crippen molar-refractivity contribution in [3.8, 4) is 0 Å². The van der Waals surface area contributed by atoms with E-state index in [0.717, 1.165) is 60.5 Å². The first kappa shape index (κ1) is 20.4. The Morgan fingerprint density at radius 2 is 1.79 bits per heavy atom. The first-order valence-electron chi connectivity index (χ1n) is 9.88. The van der Waals surface area contributed by atoms with E-state index in [1.807, 2.05) is 53.1 Å². The van der Waals surface area contributed by atoms with Gasteiger partial charge in [0.05, 0.1) is 24.1 Å². The number of thioether (sulfide) groups is 1. The molecule has 29 heavy (non-hydrogen) atoms. The molecule has 1 aliphatic heterocycles. The van der Waals surface area contributed by atoms with Gasteiger partial charge in [0, 0.05) is 37.0 Å². The van der Waals surface area contributed by atoms with Gasteiger partial charge >= 0.3 is 0 Å². The van der Waals surface area contributed by atoms with E-state index in [2.05, 4.69) is 4.90 Å². The van der Waals surface area contributed by atoms with Crippen molar-refractivity contribution >= 4 is 34.3 Å². The van der Waals surface area contributed by atoms with Crippen LogP contribution in [0.1, 0.15) is 12.0 Å². The summed E-state index contributed by atoms with van der Waals surface area (Å²) < 4.78 is 7.24. The topological polar surface area (TPSA) is 47.4 Å². The number of halogens is 1. The third kappa shape index (κ3) is 5.01. The van der Waals surface area contributed by atoms with Crippen molar-refractivity contribution in [2.45, 2.75) is 23.9 Å². The van der Waals surface area contributed by atoms with E-state index in [4.69, 9.17) is 21.3 Å². The number of hydrogen-bond acceptors (Lipinski definition) is 5. The lowest BCUT2D eigenvalue weighted by Gasteiger charge is -2.26. The molecule has 3 aromatic rings. The molecular formula is C22H24ClN3O2S. The Bertz CT molecular complexity index is 1030. The second-order valence-electron chi connectivity index (χ2n) is 7.06. The summed E-state index contributed by atoms with van der Waals surface area (Å²) in [4.78, 5) is 20.3. The van der Waals surface area contributed by atoms with E-state index < -0.39 is 0 Å². The summed E-state index contributed by atoms with van der Waals surface area (Å²) in [6.07, 6.45) is 0.902. The number of fused-ring (bicyclic) bond motifs is 1. The third-order valence-electron chi connectivity index (χ3n) is 5.10. The van der Waals surface area contributed by atoms with Crippen LogP contribution in [-0.4, -0.2) is 47.3 Å². The van der Waals surface area contributed by atoms with Crippen LogP contribution in [0.2, 0.25) is 5.02 Å². The summed E-state index contributed by atoms with van der Waals surface area (Å²) >= 11 is 7.87. The van der Waals surface area contributed by atoms with Gasteiger partial charge in [-0.15, -0.1) is 0 Å². The standard InChI is InChI=1S/C22H24ClN3O2S/c23-19-8-3-1-6-17(19)16-29-22-24-20-9-4-2-7-18(20)21(27)26(22)11-5-10-25-12-14-28-15-13-25/h1-4,6-9H,5,10-16H2. The Balaban J connectivity index is 1.56. The van der Waals surface area contributed by atoms with Crippen molar-refractivity contribution in [1.29, 1.82) is 0 Å². The molecule has 7 heteroatoms. The molecule has 0 saturated carbocycles. The summed E-state index contributed by atoms with van der Waals surface area (Å²) in [5.41, 5.74) is 1.81. The van der Waals surface area contributed by atoms with Crippen LogP contribution in [0.25, 0.3) is 10.9 Å². The highest BCUT2D eigenvalue weighted by atomic mass is 35.5. The van der Waals surface area contributed by atoms with E-state index in [9.17, 15) is 4.79 Å². The van der Waals surface area contributed by atoms with Gasteiger partial charge in [-0.25, -0.2) is 4.98 Å². The van der Waals surface area contributed by atoms with Gasteiger partial charge in [-0.1, -0.05) is 53.7 Å². The maximum Gasteiger partial charge on any atom is 0.262 e. The van der Waals surface area contributed by atoms with Gasteiger partial charge in [0.15, 0.2) is 5.16 Å². The lowest BCUT2D eigenvalue weighted by molar-refractivity contribution is 0.0368. The molecule has 0 N–H and O–H groups in total. The second-order valence-corrected chi connectivity index (χ2v) is 8.41. The minimum atomic E-state index is 0.0271. The van der Waals surface area contributed by atoms with Crippen LogP contribution >= 0.6 is 23.4 Å². The Morgan fingerprint density at radius 1 is 1.03 bits per heavy atom. The summed E-state index contributed by atoms with van der Waals surface area (Å²) in [5, 5.41) is 2.15. The molecule has 1 aliphatic rings. The van der Waals surface area contributed by atoms with E-state index in [1.165, 1.54) is 0 Å². The van der Waals surface area contributed by atoms with Crippen LogP contribution in [0.15, 0.2) is 58.5 Å². The van der Waals surface area contributed by atoms with Crippen molar-refractivity contribution in [2.75, 3.05) is 32.8 Å². The molecule has 1 saturated heterocycles. The van der Waals surface area contributed by atoms with Gasteiger partial charge in [0.25, 0.3) is 5.56 Å². The van der Waals surface area contributed by atoms with Gasteiger partial charge in [0.1, 0.15) is 0 Å². The van der Waals surface area contributed by atoms with E-state index in [-0.39, 0.29) is 5.56 Å². The van der Waals surface area contributed by atoms with E-state index in [1.54, 1.807) is 11.8 Å². The largest absolute Gasteiger partial charge is 0.379 e. The average molecular weight is 430 g/mol. The fourth-order valence-electron chi connectivity index (χ4n) is 3.49. The van der Waals surface area contributed by atoms with Crippen LogP contribution in [0.5, 0.6) is 0 Å². The van der Waals surface area contributed by atoms with Crippen LogP contribution < -0.4 is 5.56 Å². The molecule has 0 aliphatic carbocycles. The van der Waals surface area contributed by atoms with Crippen molar-refractivity contribution in [3.63, 3.8) is 0 Å². The summed E-state index contributed by atoms with van der Waals surface area (Å²) in [6.45, 7) is 5.10. The summed E-state index contributed by atoms with van der Waals surface area (Å²) in [5.74, 6) is 0.675. The van der Waals surface area contributed by atoms with Gasteiger partial charge in [0.2, 0.25) is 0 Å². The predicted molar refractivity (Wildman–Crippen MR) is 119 cm³/mol. The molecule has 4 rings (SSSR count). The molecule has 0 atom stereocenters. The number of hydrogen-bond donors (Lipinski definition) is 0. The maximum absolute atomic E-state index is 13.2. The monoisotopic (exact) mass is 429 g/mol. The fraction of sp³-hybridized carbons (Fsp3) is 0.364. The molecule has 1 fully saturated rings. The van der Waals surface area contributed by atoms with E-state index in [0.29, 0.717) is 17.7 Å². The average Bonchev–Trinajstić information content (AvgIpc) is 2.76. The second kappa shape index (κ2) is 9.76. The first-order valence-corrected chi connectivity index (χ1v) is 11.2. The molecule has 0 unspecified atom stereocenters. The first-order chi connectivity index (χ1) is 14.2. The van der Waals surface area contributed by atoms with E-state index >= 15 is 0 Å². The van der Waals surface area contributed by atoms with Crippen LogP contribution in [0.3, 0.4) is 0 Å². The number of aromatic nitrogens is 2. The zero-order valence-electron chi connectivity index (χ0n) is 16.2. The Morgan fingerprint density at radius 3 is 2.62 bits per heavy atom. The molecule has 1 aromatic heterocycles. The number of morpholine rings is 1. The van der Waals surface area contributed by atoms with Crippen LogP contribution in [0.4, 0.5) is 0 Å². The molecule has 152 valence electrons. The zero-order chi connectivity index (χ0) is 20.1. The fourth-order valence-corrected chi connectivity index (χ4v) is 4.80. The number of nitrogens with zero attached hydrogens (tertiary/aromatic N) is 3. The van der Waals surface area contributed by atoms with Gasteiger partial charge in [-0.2, -0.15) is 0 Å². The minimum absolute atomic E-state index is 0.0271. The molecule has 0 amide bonds. The predicted octanol–water partition coefficient (Wildman–Crippen LogP) is 4.06. The lowest BCUT2D eigenvalue weighted by Crippen LogP contribution is -2.37. The number of benzene rings is 2. The smallest absolute Gasteiger partial charge is 0.262 e. The number of para-hydroxylation sites is 1. The third-order valence-corrected chi connectivity index (χ3v) is 6.49. The Hall–Kier alpha value is -1.86. The summed E-state index contributed by atoms with van der Waals surface area (Å²) in [6, 6.07) is 15.4. The molecule has 5 nitrogen and oxygen atoms in total. The molecule has 0 bridgehead atoms. The molecule has 0 spiro atoms. The SMILES string of the molecule is O=c1c2ccccc2nc(SCc2ccccc2Cl)n1CCCN1CCOCC1. The normalized spacial score (nSPS) is 15.1. The minimum Gasteiger partial charge on any atom is -0.379 e. The molecular weight excluding hydrogens is 406 g/mol. The van der Waals surface area contributed by atoms with Crippen molar-refractivity contribution in [3.05, 3.63) is 69.5 Å².